The lowest BCUT2D eigenvalue weighted by molar-refractivity contribution is -0.518. The first-order valence-corrected chi connectivity index (χ1v) is 4.24. The van der Waals surface area contributed by atoms with Gasteiger partial charge in [-0.25, -0.2) is 0 Å². The molecule has 0 heterocycles. The van der Waals surface area contributed by atoms with Gasteiger partial charge in [-0.3, -0.25) is 14.9 Å². The Bertz CT molecular complexity index is 229. The summed E-state index contributed by atoms with van der Waals surface area (Å²) in [6, 6.07) is -0.630. The van der Waals surface area contributed by atoms with E-state index in [2.05, 4.69) is 0 Å². The number of nitro groups is 1. The molecule has 4 heteroatoms. The van der Waals surface area contributed by atoms with E-state index in [9.17, 15) is 14.9 Å². The van der Waals surface area contributed by atoms with Crippen LogP contribution in [0, 0.1) is 10.1 Å². The normalized spacial score (nSPS) is 11.9. The van der Waals surface area contributed by atoms with Gasteiger partial charge in [0.2, 0.25) is 6.04 Å². The summed E-state index contributed by atoms with van der Waals surface area (Å²) in [6.45, 7) is 5.17. The molecule has 4 nitrogen and oxygen atoms in total. The van der Waals surface area contributed by atoms with Crippen LogP contribution in [0.3, 0.4) is 0 Å². The van der Waals surface area contributed by atoms with Crippen molar-refractivity contribution in [2.45, 2.75) is 39.7 Å². The van der Waals surface area contributed by atoms with E-state index in [0.29, 0.717) is 6.42 Å². The van der Waals surface area contributed by atoms with E-state index in [-0.39, 0.29) is 17.1 Å². The lowest BCUT2D eigenvalue weighted by atomic mass is 10.1. The lowest BCUT2D eigenvalue weighted by Crippen LogP contribution is -2.15. The Kier molecular flexibility index (Phi) is 4.96. The van der Waals surface area contributed by atoms with E-state index < -0.39 is 6.04 Å². The maximum absolute atomic E-state index is 11.1. The van der Waals surface area contributed by atoms with Gasteiger partial charge in [0, 0.05) is 24.7 Å². The maximum Gasteiger partial charge on any atom is 0.210 e. The second kappa shape index (κ2) is 5.45. The minimum atomic E-state index is -0.630. The van der Waals surface area contributed by atoms with Gasteiger partial charge in [0.1, 0.15) is 0 Å². The Morgan fingerprint density at radius 2 is 2.08 bits per heavy atom. The Labute approximate surface area is 77.8 Å². The number of rotatable bonds is 5. The lowest BCUT2D eigenvalue weighted by Gasteiger charge is -2.00. The number of hydrogen-bond acceptors (Lipinski definition) is 3. The summed E-state index contributed by atoms with van der Waals surface area (Å²) in [5.41, 5.74) is 0.929. The van der Waals surface area contributed by atoms with Crippen LogP contribution in [0.5, 0.6) is 0 Å². The Morgan fingerprint density at radius 1 is 1.54 bits per heavy atom. The Hall–Kier alpha value is -1.19. The summed E-state index contributed by atoms with van der Waals surface area (Å²) in [6.07, 6.45) is 2.09. The number of carbonyl (C=O) groups excluding carboxylic acids is 1. The molecule has 0 saturated carbocycles. The van der Waals surface area contributed by atoms with Crippen LogP contribution in [0.25, 0.3) is 0 Å². The Balaban J connectivity index is 3.84. The van der Waals surface area contributed by atoms with Crippen molar-refractivity contribution < 1.29 is 9.72 Å². The predicted molar refractivity (Wildman–Crippen MR) is 50.1 cm³/mol. The zero-order valence-corrected chi connectivity index (χ0v) is 8.24. The minimum absolute atomic E-state index is 0.0336. The topological polar surface area (TPSA) is 60.2 Å². The maximum atomic E-state index is 11.1. The van der Waals surface area contributed by atoms with Crippen molar-refractivity contribution in [3.63, 3.8) is 0 Å². The summed E-state index contributed by atoms with van der Waals surface area (Å²) < 4.78 is 0. The predicted octanol–water partition coefficient (Wildman–Crippen LogP) is 1.97. The van der Waals surface area contributed by atoms with Crippen molar-refractivity contribution in [1.82, 2.24) is 0 Å². The number of allylic oxidation sites excluding steroid dienone is 2. The first-order chi connectivity index (χ1) is 5.93. The smallest absolute Gasteiger partial charge is 0.210 e. The summed E-state index contributed by atoms with van der Waals surface area (Å²) in [4.78, 5) is 20.9. The fraction of sp³-hybridized carbons (Fsp3) is 0.667. The highest BCUT2D eigenvalue weighted by Gasteiger charge is 2.13. The zero-order chi connectivity index (χ0) is 10.4. The molecule has 0 radical (unpaired) electrons. The first-order valence-electron chi connectivity index (χ1n) is 4.24. The van der Waals surface area contributed by atoms with Crippen LogP contribution in [-0.4, -0.2) is 16.7 Å². The number of nitrogens with zero attached hydrogens (tertiary/aromatic N) is 1. The summed E-state index contributed by atoms with van der Waals surface area (Å²) in [5.74, 6) is -0.0336. The summed E-state index contributed by atoms with van der Waals surface area (Å²) in [7, 11) is 0. The van der Waals surface area contributed by atoms with E-state index in [4.69, 9.17) is 0 Å². The average molecular weight is 185 g/mol. The third kappa shape index (κ3) is 6.02. The van der Waals surface area contributed by atoms with E-state index in [1.807, 2.05) is 13.8 Å². The molecule has 74 valence electrons. The van der Waals surface area contributed by atoms with Crippen LogP contribution in [0.4, 0.5) is 0 Å². The van der Waals surface area contributed by atoms with Crippen molar-refractivity contribution >= 4 is 5.78 Å². The molecule has 0 aromatic heterocycles. The van der Waals surface area contributed by atoms with E-state index in [1.165, 1.54) is 13.0 Å². The minimum Gasteiger partial charge on any atom is -0.295 e. The van der Waals surface area contributed by atoms with Gasteiger partial charge < -0.3 is 0 Å². The molecule has 0 aliphatic rings. The molecule has 0 amide bonds. The number of carbonyl (C=O) groups is 1. The molecule has 0 aliphatic heterocycles. The van der Waals surface area contributed by atoms with Crippen LogP contribution in [0.2, 0.25) is 0 Å². The molecule has 0 N–H and O–H groups in total. The van der Waals surface area contributed by atoms with Crippen LogP contribution >= 0.6 is 0 Å². The van der Waals surface area contributed by atoms with Gasteiger partial charge in [0.05, 0.1) is 0 Å². The standard InChI is InChI=1S/C9H15NO3/c1-7(2)6-9(11)5-4-8(3)10(12)13/h6,8H,4-5H2,1-3H3. The third-order valence-electron chi connectivity index (χ3n) is 1.62. The quantitative estimate of drug-likeness (QED) is 0.373. The van der Waals surface area contributed by atoms with E-state index >= 15 is 0 Å². The van der Waals surface area contributed by atoms with Gasteiger partial charge in [-0.15, -0.1) is 0 Å². The molecule has 13 heavy (non-hydrogen) atoms. The molecule has 0 saturated heterocycles. The van der Waals surface area contributed by atoms with Crippen LogP contribution < -0.4 is 0 Å². The summed E-state index contributed by atoms with van der Waals surface area (Å²) in [5, 5.41) is 10.2. The van der Waals surface area contributed by atoms with Gasteiger partial charge in [0.15, 0.2) is 5.78 Å². The van der Waals surface area contributed by atoms with Gasteiger partial charge in [-0.1, -0.05) is 5.57 Å². The van der Waals surface area contributed by atoms with E-state index in [0.717, 1.165) is 5.57 Å². The molecule has 0 bridgehead atoms. The molecular formula is C9H15NO3. The Morgan fingerprint density at radius 3 is 2.46 bits per heavy atom. The fourth-order valence-electron chi connectivity index (χ4n) is 0.851. The monoisotopic (exact) mass is 185 g/mol. The fourth-order valence-corrected chi connectivity index (χ4v) is 0.851. The van der Waals surface area contributed by atoms with Gasteiger partial charge >= 0.3 is 0 Å². The average Bonchev–Trinajstić information content (AvgIpc) is 1.98. The highest BCUT2D eigenvalue weighted by Crippen LogP contribution is 2.02. The van der Waals surface area contributed by atoms with Crippen molar-refractivity contribution in [3.8, 4) is 0 Å². The van der Waals surface area contributed by atoms with Crippen molar-refractivity contribution in [2.75, 3.05) is 0 Å². The molecular weight excluding hydrogens is 170 g/mol. The molecule has 0 fully saturated rings. The molecule has 0 aromatic rings. The van der Waals surface area contributed by atoms with Crippen LogP contribution in [-0.2, 0) is 4.79 Å². The van der Waals surface area contributed by atoms with E-state index in [1.54, 1.807) is 0 Å². The molecule has 0 spiro atoms. The molecule has 0 aliphatic carbocycles. The largest absolute Gasteiger partial charge is 0.295 e. The number of ketones is 1. The highest BCUT2D eigenvalue weighted by molar-refractivity contribution is 5.90. The van der Waals surface area contributed by atoms with Crippen molar-refractivity contribution in [2.24, 2.45) is 0 Å². The van der Waals surface area contributed by atoms with Crippen LogP contribution in [0.15, 0.2) is 11.6 Å². The highest BCUT2D eigenvalue weighted by atomic mass is 16.6. The van der Waals surface area contributed by atoms with Gasteiger partial charge in [0.25, 0.3) is 0 Å². The van der Waals surface area contributed by atoms with Gasteiger partial charge in [-0.05, 0) is 19.9 Å². The van der Waals surface area contributed by atoms with Gasteiger partial charge in [-0.2, -0.15) is 0 Å². The van der Waals surface area contributed by atoms with Crippen LogP contribution in [0.1, 0.15) is 33.6 Å². The summed E-state index contributed by atoms with van der Waals surface area (Å²) >= 11 is 0. The molecule has 1 unspecified atom stereocenters. The number of hydrogen-bond donors (Lipinski definition) is 0. The second-order valence-corrected chi connectivity index (χ2v) is 3.36. The third-order valence-corrected chi connectivity index (χ3v) is 1.62. The molecule has 1 atom stereocenters. The molecule has 0 aromatic carbocycles. The first kappa shape index (κ1) is 11.8. The molecule has 0 rings (SSSR count). The second-order valence-electron chi connectivity index (χ2n) is 3.36. The zero-order valence-electron chi connectivity index (χ0n) is 8.24. The SMILES string of the molecule is CC(C)=CC(=O)CCC(C)[N+](=O)[O-]. The van der Waals surface area contributed by atoms with Crippen molar-refractivity contribution in [3.05, 3.63) is 21.8 Å². The van der Waals surface area contributed by atoms with Crippen molar-refractivity contribution in [1.29, 1.82) is 0 Å².